The minimum absolute atomic E-state index is 0.0237. The van der Waals surface area contributed by atoms with Crippen LogP contribution in [0.2, 0.25) is 0 Å². The number of methoxy groups -OCH3 is 1. The van der Waals surface area contributed by atoms with Gasteiger partial charge in [0.25, 0.3) is 0 Å². The number of benzene rings is 1. The van der Waals surface area contributed by atoms with Crippen molar-refractivity contribution in [1.82, 2.24) is 4.98 Å². The van der Waals surface area contributed by atoms with Gasteiger partial charge in [-0.3, -0.25) is 4.79 Å². The van der Waals surface area contributed by atoms with E-state index in [0.717, 1.165) is 11.3 Å². The summed E-state index contributed by atoms with van der Waals surface area (Å²) >= 11 is 1.60. The summed E-state index contributed by atoms with van der Waals surface area (Å²) in [6.07, 6.45) is 0.950. The van der Waals surface area contributed by atoms with Crippen LogP contribution >= 0.6 is 11.3 Å². The maximum Gasteiger partial charge on any atom is 0.311 e. The highest BCUT2D eigenvalue weighted by Crippen LogP contribution is 2.35. The minimum Gasteiger partial charge on any atom is -0.469 e. The molecule has 0 saturated carbocycles. The van der Waals surface area contributed by atoms with Crippen LogP contribution in [0, 0.1) is 5.82 Å². The fourth-order valence-corrected chi connectivity index (χ4v) is 3.23. The molecule has 24 heavy (non-hydrogen) atoms. The third-order valence-corrected chi connectivity index (χ3v) is 4.79. The molecular weight excluding hydrogens is 329 g/mol. The summed E-state index contributed by atoms with van der Waals surface area (Å²) in [5.41, 5.74) is 1.17. The zero-order valence-corrected chi connectivity index (χ0v) is 14.2. The summed E-state index contributed by atoms with van der Waals surface area (Å²) < 4.78 is 23.7. The van der Waals surface area contributed by atoms with Crippen LogP contribution in [0.5, 0.6) is 0 Å². The number of ether oxygens (including phenoxy) is 1. The summed E-state index contributed by atoms with van der Waals surface area (Å²) in [5, 5.41) is 0. The van der Waals surface area contributed by atoms with E-state index in [0.29, 0.717) is 22.9 Å². The zero-order chi connectivity index (χ0) is 17.1. The van der Waals surface area contributed by atoms with Crippen LogP contribution in [-0.2, 0) is 22.4 Å². The topological polar surface area (TPSA) is 52.3 Å². The first-order valence-corrected chi connectivity index (χ1v) is 8.34. The zero-order valence-electron chi connectivity index (χ0n) is 13.3. The SMILES string of the molecule is CCc1ccc(-c2oc(-c3ccc(F)cc3)nc2CC(=O)OC)s1. The number of hydrogen-bond donors (Lipinski definition) is 0. The molecule has 2 aromatic heterocycles. The van der Waals surface area contributed by atoms with Gasteiger partial charge >= 0.3 is 5.97 Å². The van der Waals surface area contributed by atoms with E-state index in [-0.39, 0.29) is 18.2 Å². The van der Waals surface area contributed by atoms with E-state index in [1.807, 2.05) is 12.1 Å². The lowest BCUT2D eigenvalue weighted by atomic mass is 10.2. The summed E-state index contributed by atoms with van der Waals surface area (Å²) in [6.45, 7) is 2.08. The maximum atomic E-state index is 13.1. The Labute approximate surface area is 142 Å². The molecule has 6 heteroatoms. The molecule has 0 amide bonds. The monoisotopic (exact) mass is 345 g/mol. The predicted molar refractivity (Wildman–Crippen MR) is 90.3 cm³/mol. The Bertz CT molecular complexity index is 852. The number of nitrogens with zero attached hydrogens (tertiary/aromatic N) is 1. The molecule has 124 valence electrons. The van der Waals surface area contributed by atoms with E-state index in [9.17, 15) is 9.18 Å². The van der Waals surface area contributed by atoms with E-state index >= 15 is 0 Å². The third-order valence-electron chi connectivity index (χ3n) is 3.56. The summed E-state index contributed by atoms with van der Waals surface area (Å²) in [5.74, 6) is 0.202. The Morgan fingerprint density at radius 1 is 1.25 bits per heavy atom. The molecule has 0 aliphatic rings. The molecule has 3 rings (SSSR count). The molecule has 2 heterocycles. The van der Waals surface area contributed by atoms with Crippen LogP contribution in [0.25, 0.3) is 22.1 Å². The van der Waals surface area contributed by atoms with E-state index in [4.69, 9.17) is 9.15 Å². The molecule has 0 aliphatic carbocycles. The Morgan fingerprint density at radius 2 is 2.00 bits per heavy atom. The van der Waals surface area contributed by atoms with Gasteiger partial charge in [0, 0.05) is 10.4 Å². The van der Waals surface area contributed by atoms with Crippen LogP contribution in [0.3, 0.4) is 0 Å². The number of rotatable bonds is 5. The molecule has 3 aromatic rings. The van der Waals surface area contributed by atoms with Crippen molar-refractivity contribution in [3.8, 4) is 22.1 Å². The second kappa shape index (κ2) is 6.97. The van der Waals surface area contributed by atoms with Gasteiger partial charge in [-0.05, 0) is 42.8 Å². The first-order chi connectivity index (χ1) is 11.6. The van der Waals surface area contributed by atoms with Gasteiger partial charge in [0.2, 0.25) is 5.89 Å². The number of aromatic nitrogens is 1. The first kappa shape index (κ1) is 16.4. The molecule has 0 fully saturated rings. The maximum absolute atomic E-state index is 13.1. The molecule has 1 aromatic carbocycles. The van der Waals surface area contributed by atoms with Gasteiger partial charge in [0.1, 0.15) is 5.82 Å². The van der Waals surface area contributed by atoms with Gasteiger partial charge in [0.05, 0.1) is 24.1 Å². The quantitative estimate of drug-likeness (QED) is 0.640. The van der Waals surface area contributed by atoms with Crippen molar-refractivity contribution < 1.29 is 18.3 Å². The molecule has 4 nitrogen and oxygen atoms in total. The van der Waals surface area contributed by atoms with E-state index in [2.05, 4.69) is 11.9 Å². The van der Waals surface area contributed by atoms with Crippen LogP contribution < -0.4 is 0 Å². The van der Waals surface area contributed by atoms with Gasteiger partial charge in [-0.15, -0.1) is 11.3 Å². The normalized spacial score (nSPS) is 10.8. The molecule has 0 aliphatic heterocycles. The third kappa shape index (κ3) is 3.38. The van der Waals surface area contributed by atoms with Gasteiger partial charge in [0.15, 0.2) is 5.76 Å². The first-order valence-electron chi connectivity index (χ1n) is 7.52. The van der Waals surface area contributed by atoms with Gasteiger partial charge < -0.3 is 9.15 Å². The van der Waals surface area contributed by atoms with Gasteiger partial charge in [-0.25, -0.2) is 9.37 Å². The second-order valence-electron chi connectivity index (χ2n) is 5.17. The largest absolute Gasteiger partial charge is 0.469 e. The number of hydrogen-bond acceptors (Lipinski definition) is 5. The Hall–Kier alpha value is -2.47. The summed E-state index contributed by atoms with van der Waals surface area (Å²) in [4.78, 5) is 18.2. The highest BCUT2D eigenvalue weighted by molar-refractivity contribution is 7.15. The van der Waals surface area contributed by atoms with E-state index < -0.39 is 0 Å². The van der Waals surface area contributed by atoms with Crippen molar-refractivity contribution in [3.05, 3.63) is 52.8 Å². The lowest BCUT2D eigenvalue weighted by Gasteiger charge is -1.97. The van der Waals surface area contributed by atoms with Crippen molar-refractivity contribution >= 4 is 17.3 Å². The lowest BCUT2D eigenvalue weighted by Crippen LogP contribution is -2.05. The van der Waals surface area contributed by atoms with E-state index in [1.165, 1.54) is 24.1 Å². The van der Waals surface area contributed by atoms with Crippen molar-refractivity contribution in [1.29, 1.82) is 0 Å². The van der Waals surface area contributed by atoms with Crippen molar-refractivity contribution in [2.45, 2.75) is 19.8 Å². The fraction of sp³-hybridized carbons (Fsp3) is 0.222. The number of carbonyl (C=O) groups excluding carboxylic acids is 1. The number of halogens is 1. The molecular formula is C18H16FNO3S. The van der Waals surface area contributed by atoms with Crippen LogP contribution in [0.4, 0.5) is 4.39 Å². The molecule has 0 spiro atoms. The average molecular weight is 345 g/mol. The van der Waals surface area contributed by atoms with E-state index in [1.54, 1.807) is 23.5 Å². The predicted octanol–water partition coefficient (Wildman–Crippen LogP) is 4.49. The molecule has 0 saturated heterocycles. The number of esters is 1. The van der Waals surface area contributed by atoms with Crippen LogP contribution in [0.15, 0.2) is 40.8 Å². The number of oxazole rings is 1. The summed E-state index contributed by atoms with van der Waals surface area (Å²) in [6, 6.07) is 9.87. The second-order valence-corrected chi connectivity index (χ2v) is 6.34. The van der Waals surface area contributed by atoms with Crippen LogP contribution in [-0.4, -0.2) is 18.1 Å². The number of thiophene rings is 1. The van der Waals surface area contributed by atoms with Crippen molar-refractivity contribution in [2.24, 2.45) is 0 Å². The standard InChI is InChI=1S/C18H16FNO3S/c1-3-13-8-9-15(24-13)17-14(10-16(21)22-2)20-18(23-17)11-4-6-12(19)7-5-11/h4-9H,3,10H2,1-2H3. The highest BCUT2D eigenvalue weighted by atomic mass is 32.1. The Balaban J connectivity index is 2.04. The number of aryl methyl sites for hydroxylation is 1. The minimum atomic E-state index is -0.387. The Morgan fingerprint density at radius 3 is 2.62 bits per heavy atom. The number of carbonyl (C=O) groups is 1. The molecule has 0 bridgehead atoms. The summed E-state index contributed by atoms with van der Waals surface area (Å²) in [7, 11) is 1.34. The molecule has 0 atom stereocenters. The fourth-order valence-electron chi connectivity index (χ4n) is 2.28. The smallest absolute Gasteiger partial charge is 0.311 e. The van der Waals surface area contributed by atoms with Gasteiger partial charge in [-0.1, -0.05) is 6.92 Å². The van der Waals surface area contributed by atoms with Gasteiger partial charge in [-0.2, -0.15) is 0 Å². The van der Waals surface area contributed by atoms with Crippen molar-refractivity contribution in [3.63, 3.8) is 0 Å². The highest BCUT2D eigenvalue weighted by Gasteiger charge is 2.20. The van der Waals surface area contributed by atoms with Crippen molar-refractivity contribution in [2.75, 3.05) is 7.11 Å². The average Bonchev–Trinajstić information content (AvgIpc) is 3.22. The Kier molecular flexibility index (Phi) is 4.76. The lowest BCUT2D eigenvalue weighted by molar-refractivity contribution is -0.139. The molecule has 0 radical (unpaired) electrons. The molecule has 0 unspecified atom stereocenters. The molecule has 0 N–H and O–H groups in total. The van der Waals surface area contributed by atoms with Crippen LogP contribution in [0.1, 0.15) is 17.5 Å².